The minimum Gasteiger partial charge on any atom is -0.370 e. The molecule has 28 heavy (non-hydrogen) atoms. The predicted molar refractivity (Wildman–Crippen MR) is 112 cm³/mol. The van der Waals surface area contributed by atoms with E-state index >= 15 is 0 Å². The first-order chi connectivity index (χ1) is 13.4. The van der Waals surface area contributed by atoms with Crippen LogP contribution >= 0.6 is 0 Å². The molecule has 4 rings (SSSR count). The second-order valence-corrected chi connectivity index (χ2v) is 7.70. The standard InChI is InChI=1S/C22H25FN4O/c1-14-10-16(5-7-21(14)27-9-8-17(13-27)26(2)3)24-12-19-18-11-15(23)4-6-20(18)25-22(19)28/h4-7,10-12,17,24H,8-9,13H2,1-3H3,(H,25,28)/b19-12-. The summed E-state index contributed by atoms with van der Waals surface area (Å²) < 4.78 is 13.6. The molecule has 2 heterocycles. The van der Waals surface area contributed by atoms with Crippen molar-refractivity contribution in [3.05, 3.63) is 59.5 Å². The number of nitrogens with zero attached hydrogens (tertiary/aromatic N) is 2. The van der Waals surface area contributed by atoms with E-state index in [-0.39, 0.29) is 11.7 Å². The van der Waals surface area contributed by atoms with E-state index in [1.807, 2.05) is 6.07 Å². The Morgan fingerprint density at radius 2 is 2.07 bits per heavy atom. The van der Waals surface area contributed by atoms with Crippen molar-refractivity contribution < 1.29 is 9.18 Å². The molecule has 2 N–H and O–H groups in total. The van der Waals surface area contributed by atoms with Crippen LogP contribution < -0.4 is 15.5 Å². The number of benzene rings is 2. The van der Waals surface area contributed by atoms with Gasteiger partial charge in [0.05, 0.1) is 5.57 Å². The number of rotatable bonds is 4. The van der Waals surface area contributed by atoms with Gasteiger partial charge in [0.2, 0.25) is 0 Å². The van der Waals surface area contributed by atoms with Crippen LogP contribution in [0.15, 0.2) is 42.6 Å². The molecule has 146 valence electrons. The summed E-state index contributed by atoms with van der Waals surface area (Å²) in [6.45, 7) is 4.19. The second kappa shape index (κ2) is 7.28. The number of likely N-dealkylation sites (N-methyl/N-ethyl adjacent to an activating group) is 1. The third kappa shape index (κ3) is 3.47. The van der Waals surface area contributed by atoms with E-state index in [2.05, 4.69) is 53.6 Å². The third-order valence-corrected chi connectivity index (χ3v) is 5.58. The summed E-state index contributed by atoms with van der Waals surface area (Å²) in [7, 11) is 4.26. The first-order valence-electron chi connectivity index (χ1n) is 9.52. The Kier molecular flexibility index (Phi) is 4.81. The minimum absolute atomic E-state index is 0.228. The van der Waals surface area contributed by atoms with Crippen LogP contribution in [0.3, 0.4) is 0 Å². The largest absolute Gasteiger partial charge is 0.370 e. The van der Waals surface area contributed by atoms with E-state index in [0.29, 0.717) is 22.9 Å². The molecule has 0 saturated carbocycles. The fourth-order valence-corrected chi connectivity index (χ4v) is 3.94. The van der Waals surface area contributed by atoms with E-state index in [4.69, 9.17) is 0 Å². The molecule has 0 aliphatic carbocycles. The van der Waals surface area contributed by atoms with Crippen LogP contribution in [0.2, 0.25) is 0 Å². The average molecular weight is 380 g/mol. The zero-order valence-corrected chi connectivity index (χ0v) is 16.4. The van der Waals surface area contributed by atoms with Crippen LogP contribution in [0.25, 0.3) is 5.57 Å². The van der Waals surface area contributed by atoms with E-state index in [9.17, 15) is 9.18 Å². The van der Waals surface area contributed by atoms with Gasteiger partial charge in [0.1, 0.15) is 5.82 Å². The Balaban J connectivity index is 1.51. The molecule has 0 spiro atoms. The first-order valence-corrected chi connectivity index (χ1v) is 9.52. The van der Waals surface area contributed by atoms with Crippen molar-refractivity contribution in [2.75, 3.05) is 42.7 Å². The number of carbonyl (C=O) groups excluding carboxylic acids is 1. The normalized spacial score (nSPS) is 20.0. The van der Waals surface area contributed by atoms with Crippen molar-refractivity contribution in [3.63, 3.8) is 0 Å². The SMILES string of the molecule is Cc1cc(N/C=C2\C(=O)Nc3ccc(F)cc32)ccc1N1CCC(N(C)C)C1. The lowest BCUT2D eigenvalue weighted by Crippen LogP contribution is -2.31. The van der Waals surface area contributed by atoms with Gasteiger partial charge in [-0.05, 0) is 69.4 Å². The van der Waals surface area contributed by atoms with Crippen LogP contribution in [-0.2, 0) is 4.79 Å². The highest BCUT2D eigenvalue weighted by molar-refractivity contribution is 6.31. The molecule has 0 bridgehead atoms. The maximum Gasteiger partial charge on any atom is 0.257 e. The Hall–Kier alpha value is -2.86. The van der Waals surface area contributed by atoms with E-state index in [0.717, 1.165) is 18.8 Å². The molecule has 1 unspecified atom stereocenters. The highest BCUT2D eigenvalue weighted by atomic mass is 19.1. The summed E-state index contributed by atoms with van der Waals surface area (Å²) in [6, 6.07) is 11.1. The summed E-state index contributed by atoms with van der Waals surface area (Å²) in [6.07, 6.45) is 2.82. The maximum atomic E-state index is 13.6. The number of amides is 1. The Labute approximate surface area is 164 Å². The summed E-state index contributed by atoms with van der Waals surface area (Å²) >= 11 is 0. The molecule has 6 heteroatoms. The van der Waals surface area contributed by atoms with Crippen molar-refractivity contribution in [2.24, 2.45) is 0 Å². The zero-order valence-electron chi connectivity index (χ0n) is 16.4. The van der Waals surface area contributed by atoms with Gasteiger partial charge in [-0.25, -0.2) is 4.39 Å². The molecule has 5 nitrogen and oxygen atoms in total. The number of nitrogens with one attached hydrogen (secondary N) is 2. The van der Waals surface area contributed by atoms with Crippen LogP contribution in [-0.4, -0.2) is 44.0 Å². The lowest BCUT2D eigenvalue weighted by atomic mass is 10.1. The molecular formula is C22H25FN4O. The maximum absolute atomic E-state index is 13.6. The minimum atomic E-state index is -0.358. The summed E-state index contributed by atoms with van der Waals surface area (Å²) in [5, 5.41) is 5.95. The zero-order chi connectivity index (χ0) is 19.8. The van der Waals surface area contributed by atoms with Gasteiger partial charge in [-0.15, -0.1) is 0 Å². The fourth-order valence-electron chi connectivity index (χ4n) is 3.94. The molecule has 1 saturated heterocycles. The number of aryl methyl sites for hydroxylation is 1. The van der Waals surface area contributed by atoms with Crippen molar-refractivity contribution in [3.8, 4) is 0 Å². The molecule has 1 amide bonds. The molecule has 2 aliphatic rings. The molecule has 0 aromatic heterocycles. The van der Waals surface area contributed by atoms with Crippen molar-refractivity contribution in [2.45, 2.75) is 19.4 Å². The number of fused-ring (bicyclic) bond motifs is 1. The van der Waals surface area contributed by atoms with E-state index in [1.54, 1.807) is 12.3 Å². The first kappa shape index (κ1) is 18.5. The summed E-state index contributed by atoms with van der Waals surface area (Å²) in [4.78, 5) is 16.9. The van der Waals surface area contributed by atoms with Gasteiger partial charge < -0.3 is 20.4 Å². The average Bonchev–Trinajstić information content (AvgIpc) is 3.25. The van der Waals surface area contributed by atoms with Crippen LogP contribution in [0, 0.1) is 12.7 Å². The third-order valence-electron chi connectivity index (χ3n) is 5.58. The Bertz CT molecular complexity index is 954. The highest BCUT2D eigenvalue weighted by Gasteiger charge is 2.26. The lowest BCUT2D eigenvalue weighted by molar-refractivity contribution is -0.110. The van der Waals surface area contributed by atoms with Gasteiger partial charge >= 0.3 is 0 Å². The van der Waals surface area contributed by atoms with E-state index in [1.165, 1.54) is 29.8 Å². The molecule has 2 aromatic carbocycles. The second-order valence-electron chi connectivity index (χ2n) is 7.70. The number of hydrogen-bond acceptors (Lipinski definition) is 4. The predicted octanol–water partition coefficient (Wildman–Crippen LogP) is 3.68. The molecule has 1 atom stereocenters. The molecule has 0 radical (unpaired) electrons. The lowest BCUT2D eigenvalue weighted by Gasteiger charge is -2.23. The summed E-state index contributed by atoms with van der Waals surface area (Å²) in [5.74, 6) is -0.587. The molecular weight excluding hydrogens is 355 g/mol. The van der Waals surface area contributed by atoms with Gasteiger partial charge in [0.15, 0.2) is 0 Å². The molecule has 2 aliphatic heterocycles. The van der Waals surface area contributed by atoms with Gasteiger partial charge in [0, 0.05) is 48.0 Å². The van der Waals surface area contributed by atoms with E-state index < -0.39 is 0 Å². The molecule has 2 aromatic rings. The van der Waals surface area contributed by atoms with Crippen molar-refractivity contribution in [1.29, 1.82) is 0 Å². The molecule has 1 fully saturated rings. The number of anilines is 3. The van der Waals surface area contributed by atoms with Crippen molar-refractivity contribution >= 4 is 28.5 Å². The van der Waals surface area contributed by atoms with Crippen LogP contribution in [0.5, 0.6) is 0 Å². The smallest absolute Gasteiger partial charge is 0.257 e. The van der Waals surface area contributed by atoms with Gasteiger partial charge in [-0.2, -0.15) is 0 Å². The summed E-state index contributed by atoms with van der Waals surface area (Å²) in [5.41, 5.74) is 4.98. The van der Waals surface area contributed by atoms with Gasteiger partial charge in [-0.1, -0.05) is 0 Å². The Morgan fingerprint density at radius 1 is 1.25 bits per heavy atom. The highest BCUT2D eigenvalue weighted by Crippen LogP contribution is 2.33. The number of halogens is 1. The fraction of sp³-hybridized carbons (Fsp3) is 0.318. The number of hydrogen-bond donors (Lipinski definition) is 2. The Morgan fingerprint density at radius 3 is 2.79 bits per heavy atom. The van der Waals surface area contributed by atoms with Gasteiger partial charge in [-0.3, -0.25) is 4.79 Å². The van der Waals surface area contributed by atoms with Crippen molar-refractivity contribution in [1.82, 2.24) is 4.90 Å². The number of carbonyl (C=O) groups is 1. The van der Waals surface area contributed by atoms with Crippen LogP contribution in [0.1, 0.15) is 17.5 Å². The van der Waals surface area contributed by atoms with Gasteiger partial charge in [0.25, 0.3) is 5.91 Å². The quantitative estimate of drug-likeness (QED) is 0.795. The van der Waals surface area contributed by atoms with Crippen LogP contribution in [0.4, 0.5) is 21.5 Å². The monoisotopic (exact) mass is 380 g/mol. The topological polar surface area (TPSA) is 47.6 Å².